The number of rotatable bonds is 5. The van der Waals surface area contributed by atoms with Crippen molar-refractivity contribution in [2.75, 3.05) is 5.32 Å². The van der Waals surface area contributed by atoms with Crippen LogP contribution in [0.2, 0.25) is 0 Å². The second kappa shape index (κ2) is 7.85. The predicted molar refractivity (Wildman–Crippen MR) is 96.7 cm³/mol. The van der Waals surface area contributed by atoms with Crippen molar-refractivity contribution in [2.45, 2.75) is 52.1 Å². The first kappa shape index (κ1) is 19.0. The van der Waals surface area contributed by atoms with Gasteiger partial charge in [-0.2, -0.15) is 0 Å². The fourth-order valence-electron chi connectivity index (χ4n) is 3.06. The minimum Gasteiger partial charge on any atom is -0.347 e. The Balaban J connectivity index is 1.90. The fourth-order valence-corrected chi connectivity index (χ4v) is 3.06. The molecule has 8 heteroatoms. The van der Waals surface area contributed by atoms with Gasteiger partial charge < -0.3 is 15.2 Å². The number of hydrogen-bond donors (Lipinski definition) is 2. The van der Waals surface area contributed by atoms with E-state index < -0.39 is 17.5 Å². The van der Waals surface area contributed by atoms with Crippen LogP contribution in [0.5, 0.6) is 0 Å². The molecule has 0 radical (unpaired) electrons. The average molecular weight is 376 g/mol. The third-order valence-corrected chi connectivity index (χ3v) is 4.71. The molecule has 1 atom stereocenters. The van der Waals surface area contributed by atoms with Gasteiger partial charge in [0.2, 0.25) is 0 Å². The van der Waals surface area contributed by atoms with Crippen LogP contribution in [-0.4, -0.2) is 27.4 Å². The number of halogens is 2. The van der Waals surface area contributed by atoms with E-state index in [1.807, 2.05) is 13.8 Å². The van der Waals surface area contributed by atoms with Crippen molar-refractivity contribution >= 4 is 17.5 Å². The van der Waals surface area contributed by atoms with E-state index >= 15 is 0 Å². The van der Waals surface area contributed by atoms with Crippen LogP contribution in [0.1, 0.15) is 59.9 Å². The number of nitrogens with one attached hydrogen (secondary N) is 2. The SMILES string of the molecule is CCC(C)NC(=O)c1nc(C(=O)Nc2ccc(F)cc2F)c2n1CCCC2. The summed E-state index contributed by atoms with van der Waals surface area (Å²) in [5.41, 5.74) is 0.632. The van der Waals surface area contributed by atoms with Gasteiger partial charge in [0.15, 0.2) is 11.5 Å². The minimum atomic E-state index is -0.869. The number of carbonyl (C=O) groups excluding carboxylic acids is 2. The number of amides is 2. The van der Waals surface area contributed by atoms with Gasteiger partial charge in [0.25, 0.3) is 11.8 Å². The van der Waals surface area contributed by atoms with Crippen LogP contribution in [0.3, 0.4) is 0 Å². The van der Waals surface area contributed by atoms with E-state index in [0.29, 0.717) is 24.7 Å². The number of anilines is 1. The molecule has 3 rings (SSSR count). The summed E-state index contributed by atoms with van der Waals surface area (Å²) in [4.78, 5) is 29.5. The number of carbonyl (C=O) groups is 2. The molecule has 1 unspecified atom stereocenters. The molecule has 144 valence electrons. The molecule has 0 aliphatic carbocycles. The highest BCUT2D eigenvalue weighted by Crippen LogP contribution is 2.23. The summed E-state index contributed by atoms with van der Waals surface area (Å²) >= 11 is 0. The molecule has 2 aromatic rings. The molecule has 0 fully saturated rings. The maximum absolute atomic E-state index is 13.8. The van der Waals surface area contributed by atoms with Gasteiger partial charge in [0.1, 0.15) is 11.6 Å². The summed E-state index contributed by atoms with van der Waals surface area (Å²) in [6, 6.07) is 2.90. The molecular formula is C19H22F2N4O2. The van der Waals surface area contributed by atoms with Gasteiger partial charge in [-0.1, -0.05) is 6.92 Å². The van der Waals surface area contributed by atoms with Crippen LogP contribution in [0, 0.1) is 11.6 Å². The highest BCUT2D eigenvalue weighted by Gasteiger charge is 2.28. The van der Waals surface area contributed by atoms with Gasteiger partial charge in [0, 0.05) is 18.7 Å². The Bertz CT molecular complexity index is 879. The number of fused-ring (bicyclic) bond motifs is 1. The Hall–Kier alpha value is -2.77. The largest absolute Gasteiger partial charge is 0.347 e. The van der Waals surface area contributed by atoms with E-state index in [1.165, 1.54) is 0 Å². The zero-order valence-corrected chi connectivity index (χ0v) is 15.3. The summed E-state index contributed by atoms with van der Waals surface area (Å²) in [5.74, 6) is -2.36. The first-order chi connectivity index (χ1) is 12.9. The summed E-state index contributed by atoms with van der Waals surface area (Å²) in [5, 5.41) is 5.28. The Morgan fingerprint density at radius 2 is 2.04 bits per heavy atom. The lowest BCUT2D eigenvalue weighted by molar-refractivity contribution is 0.0923. The first-order valence-electron chi connectivity index (χ1n) is 9.07. The average Bonchev–Trinajstić information content (AvgIpc) is 3.04. The summed E-state index contributed by atoms with van der Waals surface area (Å²) in [6.45, 7) is 4.45. The topological polar surface area (TPSA) is 76.0 Å². The van der Waals surface area contributed by atoms with Crippen molar-refractivity contribution in [3.8, 4) is 0 Å². The van der Waals surface area contributed by atoms with Crippen molar-refractivity contribution in [1.82, 2.24) is 14.9 Å². The second-order valence-electron chi connectivity index (χ2n) is 6.70. The number of aromatic nitrogens is 2. The zero-order chi connectivity index (χ0) is 19.6. The maximum atomic E-state index is 13.8. The van der Waals surface area contributed by atoms with Crippen molar-refractivity contribution in [3.05, 3.63) is 47.0 Å². The first-order valence-corrected chi connectivity index (χ1v) is 9.07. The maximum Gasteiger partial charge on any atom is 0.287 e. The number of benzene rings is 1. The Morgan fingerprint density at radius 1 is 1.26 bits per heavy atom. The Kier molecular flexibility index (Phi) is 5.53. The lowest BCUT2D eigenvalue weighted by atomic mass is 10.1. The molecule has 1 aliphatic heterocycles. The third kappa shape index (κ3) is 3.99. The third-order valence-electron chi connectivity index (χ3n) is 4.71. The molecule has 0 spiro atoms. The summed E-state index contributed by atoms with van der Waals surface area (Å²) < 4.78 is 28.6. The van der Waals surface area contributed by atoms with Crippen molar-refractivity contribution in [1.29, 1.82) is 0 Å². The molecule has 1 aromatic heterocycles. The van der Waals surface area contributed by atoms with Gasteiger partial charge >= 0.3 is 0 Å². The van der Waals surface area contributed by atoms with Crippen LogP contribution in [0.4, 0.5) is 14.5 Å². The molecule has 0 saturated carbocycles. The standard InChI is InChI=1S/C19H22F2N4O2/c1-3-11(2)22-19(27)17-24-16(15-6-4-5-9-25(15)17)18(26)23-14-8-7-12(20)10-13(14)21/h7-8,10-11H,3-6,9H2,1-2H3,(H,22,27)(H,23,26). The van der Waals surface area contributed by atoms with E-state index in [0.717, 1.165) is 31.4 Å². The lowest BCUT2D eigenvalue weighted by Gasteiger charge is -2.18. The highest BCUT2D eigenvalue weighted by molar-refractivity contribution is 6.05. The van der Waals surface area contributed by atoms with E-state index in [9.17, 15) is 18.4 Å². The number of nitrogens with zero attached hydrogens (tertiary/aromatic N) is 2. The molecule has 1 aromatic carbocycles. The van der Waals surface area contributed by atoms with Crippen molar-refractivity contribution in [3.63, 3.8) is 0 Å². The fraction of sp³-hybridized carbons (Fsp3) is 0.421. The van der Waals surface area contributed by atoms with E-state index in [1.54, 1.807) is 4.57 Å². The van der Waals surface area contributed by atoms with Gasteiger partial charge in [-0.05, 0) is 44.7 Å². The van der Waals surface area contributed by atoms with Crippen molar-refractivity contribution < 1.29 is 18.4 Å². The Morgan fingerprint density at radius 3 is 2.74 bits per heavy atom. The van der Waals surface area contributed by atoms with Gasteiger partial charge in [-0.25, -0.2) is 13.8 Å². The molecule has 27 heavy (non-hydrogen) atoms. The van der Waals surface area contributed by atoms with E-state index in [4.69, 9.17) is 0 Å². The molecule has 2 heterocycles. The Labute approximate surface area is 156 Å². The molecule has 2 N–H and O–H groups in total. The van der Waals surface area contributed by atoms with Crippen molar-refractivity contribution in [2.24, 2.45) is 0 Å². The van der Waals surface area contributed by atoms with Gasteiger partial charge in [0.05, 0.1) is 11.4 Å². The second-order valence-corrected chi connectivity index (χ2v) is 6.70. The molecule has 2 amide bonds. The predicted octanol–water partition coefficient (Wildman–Crippen LogP) is 3.28. The monoisotopic (exact) mass is 376 g/mol. The summed E-state index contributed by atoms with van der Waals surface area (Å²) in [6.07, 6.45) is 3.15. The van der Waals surface area contributed by atoms with Crippen LogP contribution < -0.4 is 10.6 Å². The summed E-state index contributed by atoms with van der Waals surface area (Å²) in [7, 11) is 0. The normalized spacial score (nSPS) is 14.4. The number of imidazole rings is 1. The van der Waals surface area contributed by atoms with Gasteiger partial charge in [-0.15, -0.1) is 0 Å². The highest BCUT2D eigenvalue weighted by atomic mass is 19.1. The zero-order valence-electron chi connectivity index (χ0n) is 15.3. The molecular weight excluding hydrogens is 354 g/mol. The lowest BCUT2D eigenvalue weighted by Crippen LogP contribution is -2.34. The van der Waals surface area contributed by atoms with Gasteiger partial charge in [-0.3, -0.25) is 9.59 Å². The van der Waals surface area contributed by atoms with E-state index in [-0.39, 0.29) is 29.2 Å². The van der Waals surface area contributed by atoms with Crippen LogP contribution in [0.15, 0.2) is 18.2 Å². The van der Waals surface area contributed by atoms with Crippen LogP contribution in [0.25, 0.3) is 0 Å². The minimum absolute atomic E-state index is 0.0142. The quantitative estimate of drug-likeness (QED) is 0.841. The van der Waals surface area contributed by atoms with Crippen LogP contribution >= 0.6 is 0 Å². The molecule has 1 aliphatic rings. The van der Waals surface area contributed by atoms with Crippen LogP contribution in [-0.2, 0) is 13.0 Å². The molecule has 6 nitrogen and oxygen atoms in total. The number of hydrogen-bond acceptors (Lipinski definition) is 3. The van der Waals surface area contributed by atoms with E-state index in [2.05, 4.69) is 15.6 Å². The molecule has 0 bridgehead atoms. The molecule has 0 saturated heterocycles. The smallest absolute Gasteiger partial charge is 0.287 e.